The van der Waals surface area contributed by atoms with Crippen LogP contribution in [-0.2, 0) is 4.79 Å². The van der Waals surface area contributed by atoms with Crippen molar-refractivity contribution in [3.05, 3.63) is 30.1 Å². The molecule has 1 aliphatic heterocycles. The number of aromatic nitrogens is 1. The Labute approximate surface area is 99.8 Å². The van der Waals surface area contributed by atoms with Crippen molar-refractivity contribution in [1.82, 2.24) is 15.2 Å². The number of hydrogen-bond acceptors (Lipinski definition) is 3. The highest BCUT2D eigenvalue weighted by Crippen LogP contribution is 2.12. The van der Waals surface area contributed by atoms with Crippen LogP contribution in [0, 0.1) is 0 Å². The van der Waals surface area contributed by atoms with Gasteiger partial charge < -0.3 is 10.2 Å². The van der Waals surface area contributed by atoms with E-state index in [-0.39, 0.29) is 17.9 Å². The minimum absolute atomic E-state index is 0.0805. The van der Waals surface area contributed by atoms with Crippen LogP contribution in [0.3, 0.4) is 0 Å². The third kappa shape index (κ3) is 2.27. The van der Waals surface area contributed by atoms with Crippen molar-refractivity contribution in [2.24, 2.45) is 0 Å². The van der Waals surface area contributed by atoms with Crippen molar-refractivity contribution in [1.29, 1.82) is 0 Å². The average Bonchev–Trinajstić information content (AvgIpc) is 2.38. The highest BCUT2D eigenvalue weighted by Gasteiger charge is 2.32. The number of amides is 2. The standard InChI is InChI=1S/C12H15N3O2/c1-2-10-11(16)14-7-8-15(10)12(17)9-5-3-4-6-13-9/h3-6,10H,2,7-8H2,1H3,(H,14,16). The minimum Gasteiger partial charge on any atom is -0.353 e. The van der Waals surface area contributed by atoms with Gasteiger partial charge in [-0.15, -0.1) is 0 Å². The van der Waals surface area contributed by atoms with Crippen molar-refractivity contribution < 1.29 is 9.59 Å². The Morgan fingerprint density at radius 2 is 2.41 bits per heavy atom. The second-order valence-electron chi connectivity index (χ2n) is 3.93. The van der Waals surface area contributed by atoms with Gasteiger partial charge in [-0.25, -0.2) is 0 Å². The lowest BCUT2D eigenvalue weighted by Gasteiger charge is -2.34. The fourth-order valence-electron chi connectivity index (χ4n) is 2.00. The third-order valence-corrected chi connectivity index (χ3v) is 2.86. The maximum atomic E-state index is 12.2. The molecule has 1 atom stereocenters. The van der Waals surface area contributed by atoms with Crippen LogP contribution >= 0.6 is 0 Å². The number of hydrogen-bond donors (Lipinski definition) is 1. The molecule has 0 spiro atoms. The van der Waals surface area contributed by atoms with Crippen LogP contribution in [0.25, 0.3) is 0 Å². The van der Waals surface area contributed by atoms with E-state index in [1.807, 2.05) is 6.92 Å². The first kappa shape index (κ1) is 11.6. The molecule has 5 nitrogen and oxygen atoms in total. The lowest BCUT2D eigenvalue weighted by atomic mass is 10.1. The van der Waals surface area contributed by atoms with Gasteiger partial charge in [-0.3, -0.25) is 14.6 Å². The molecule has 0 bridgehead atoms. The predicted molar refractivity (Wildman–Crippen MR) is 62.4 cm³/mol. The molecule has 1 saturated heterocycles. The first-order valence-electron chi connectivity index (χ1n) is 5.73. The van der Waals surface area contributed by atoms with E-state index in [0.717, 1.165) is 0 Å². The highest BCUT2D eigenvalue weighted by molar-refractivity contribution is 5.96. The zero-order valence-corrected chi connectivity index (χ0v) is 9.72. The molecule has 1 aliphatic rings. The Morgan fingerprint density at radius 1 is 1.59 bits per heavy atom. The van der Waals surface area contributed by atoms with Crippen LogP contribution < -0.4 is 5.32 Å². The summed E-state index contributed by atoms with van der Waals surface area (Å²) in [4.78, 5) is 29.5. The first-order valence-corrected chi connectivity index (χ1v) is 5.73. The van der Waals surface area contributed by atoms with Crippen LogP contribution in [0.4, 0.5) is 0 Å². The Morgan fingerprint density at radius 3 is 3.06 bits per heavy atom. The Balaban J connectivity index is 2.21. The summed E-state index contributed by atoms with van der Waals surface area (Å²) in [5, 5.41) is 2.77. The summed E-state index contributed by atoms with van der Waals surface area (Å²) >= 11 is 0. The Kier molecular flexibility index (Phi) is 3.37. The lowest BCUT2D eigenvalue weighted by Crippen LogP contribution is -2.57. The predicted octanol–water partition coefficient (Wildman–Crippen LogP) is 0.432. The second kappa shape index (κ2) is 4.95. The van der Waals surface area contributed by atoms with E-state index in [9.17, 15) is 9.59 Å². The quantitative estimate of drug-likeness (QED) is 0.806. The number of rotatable bonds is 2. The number of pyridine rings is 1. The summed E-state index contributed by atoms with van der Waals surface area (Å²) in [6.07, 6.45) is 2.20. The summed E-state index contributed by atoms with van der Waals surface area (Å²) in [7, 11) is 0. The van der Waals surface area contributed by atoms with E-state index in [4.69, 9.17) is 0 Å². The monoisotopic (exact) mass is 233 g/mol. The van der Waals surface area contributed by atoms with Crippen molar-refractivity contribution >= 4 is 11.8 Å². The van der Waals surface area contributed by atoms with Crippen LogP contribution in [0.1, 0.15) is 23.8 Å². The molecule has 2 amide bonds. The van der Waals surface area contributed by atoms with Crippen molar-refractivity contribution in [3.63, 3.8) is 0 Å². The van der Waals surface area contributed by atoms with Gasteiger partial charge in [0.15, 0.2) is 0 Å². The topological polar surface area (TPSA) is 62.3 Å². The molecule has 90 valence electrons. The Bertz CT molecular complexity index is 419. The maximum absolute atomic E-state index is 12.2. The van der Waals surface area contributed by atoms with Crippen LogP contribution in [-0.4, -0.2) is 40.8 Å². The fraction of sp³-hybridized carbons (Fsp3) is 0.417. The molecule has 5 heteroatoms. The summed E-state index contributed by atoms with van der Waals surface area (Å²) in [5.41, 5.74) is 0.389. The van der Waals surface area contributed by atoms with Gasteiger partial charge in [0, 0.05) is 19.3 Å². The van der Waals surface area contributed by atoms with E-state index in [1.54, 1.807) is 29.3 Å². The summed E-state index contributed by atoms with van der Waals surface area (Å²) in [6.45, 7) is 2.95. The molecule has 0 aliphatic carbocycles. The van der Waals surface area contributed by atoms with Crippen molar-refractivity contribution in [2.45, 2.75) is 19.4 Å². The van der Waals surface area contributed by atoms with Gasteiger partial charge in [-0.2, -0.15) is 0 Å². The van der Waals surface area contributed by atoms with Gasteiger partial charge >= 0.3 is 0 Å². The largest absolute Gasteiger partial charge is 0.353 e. The molecule has 2 heterocycles. The summed E-state index contributed by atoms with van der Waals surface area (Å²) in [5.74, 6) is -0.254. The zero-order valence-electron chi connectivity index (χ0n) is 9.72. The molecule has 0 radical (unpaired) electrons. The van der Waals surface area contributed by atoms with E-state index < -0.39 is 0 Å². The molecule has 1 unspecified atom stereocenters. The summed E-state index contributed by atoms with van der Waals surface area (Å²) < 4.78 is 0. The van der Waals surface area contributed by atoms with E-state index in [1.165, 1.54) is 0 Å². The van der Waals surface area contributed by atoms with Gasteiger partial charge in [0.05, 0.1) is 0 Å². The van der Waals surface area contributed by atoms with E-state index in [2.05, 4.69) is 10.3 Å². The molecule has 1 aromatic heterocycles. The smallest absolute Gasteiger partial charge is 0.273 e. The lowest BCUT2D eigenvalue weighted by molar-refractivity contribution is -0.127. The van der Waals surface area contributed by atoms with Crippen molar-refractivity contribution in [3.8, 4) is 0 Å². The minimum atomic E-state index is -0.377. The molecule has 17 heavy (non-hydrogen) atoms. The maximum Gasteiger partial charge on any atom is 0.273 e. The highest BCUT2D eigenvalue weighted by atomic mass is 16.2. The van der Waals surface area contributed by atoms with Gasteiger partial charge in [-0.1, -0.05) is 13.0 Å². The SMILES string of the molecule is CCC1C(=O)NCCN1C(=O)c1ccccn1. The molecule has 0 aromatic carbocycles. The molecule has 1 fully saturated rings. The molecule has 1 aromatic rings. The van der Waals surface area contributed by atoms with Gasteiger partial charge in [0.25, 0.3) is 5.91 Å². The first-order chi connectivity index (χ1) is 8.24. The number of carbonyl (C=O) groups is 2. The Hall–Kier alpha value is -1.91. The molecular weight excluding hydrogens is 218 g/mol. The van der Waals surface area contributed by atoms with Gasteiger partial charge in [0.2, 0.25) is 5.91 Å². The zero-order chi connectivity index (χ0) is 12.3. The third-order valence-electron chi connectivity index (χ3n) is 2.86. The van der Waals surface area contributed by atoms with Crippen LogP contribution in [0.2, 0.25) is 0 Å². The number of piperazine rings is 1. The van der Waals surface area contributed by atoms with Gasteiger partial charge in [0.1, 0.15) is 11.7 Å². The second-order valence-corrected chi connectivity index (χ2v) is 3.93. The molecule has 2 rings (SSSR count). The number of carbonyl (C=O) groups excluding carboxylic acids is 2. The van der Waals surface area contributed by atoms with Gasteiger partial charge in [-0.05, 0) is 18.6 Å². The average molecular weight is 233 g/mol. The van der Waals surface area contributed by atoms with E-state index >= 15 is 0 Å². The fourth-order valence-corrected chi connectivity index (χ4v) is 2.00. The van der Waals surface area contributed by atoms with E-state index in [0.29, 0.717) is 25.2 Å². The molecule has 1 N–H and O–H groups in total. The van der Waals surface area contributed by atoms with Crippen LogP contribution in [0.5, 0.6) is 0 Å². The number of nitrogens with zero attached hydrogens (tertiary/aromatic N) is 2. The molecular formula is C12H15N3O2. The van der Waals surface area contributed by atoms with Crippen LogP contribution in [0.15, 0.2) is 24.4 Å². The number of nitrogens with one attached hydrogen (secondary N) is 1. The normalized spacial score (nSPS) is 19.9. The van der Waals surface area contributed by atoms with Crippen molar-refractivity contribution in [2.75, 3.05) is 13.1 Å². The molecule has 0 saturated carbocycles. The summed E-state index contributed by atoms with van der Waals surface area (Å²) in [6, 6.07) is 4.82.